The monoisotopic (exact) mass is 329 g/mol. The second-order valence-electron chi connectivity index (χ2n) is 5.39. The highest BCUT2D eigenvalue weighted by Gasteiger charge is 2.16. The molecule has 0 saturated carbocycles. The quantitative estimate of drug-likeness (QED) is 0.703. The van der Waals surface area contributed by atoms with Crippen molar-refractivity contribution in [3.8, 4) is 5.75 Å². The maximum Gasteiger partial charge on any atom is 0.119 e. The molecule has 4 heteroatoms. The van der Waals surface area contributed by atoms with E-state index < -0.39 is 0 Å². The lowest BCUT2D eigenvalue weighted by Crippen LogP contribution is -2.32. The molecule has 1 aromatic carbocycles. The van der Waals surface area contributed by atoms with E-state index in [-0.39, 0.29) is 5.41 Å². The van der Waals surface area contributed by atoms with E-state index in [1.165, 1.54) is 0 Å². The highest BCUT2D eigenvalue weighted by atomic mass is 79.9. The Bertz CT molecular complexity index is 352. The van der Waals surface area contributed by atoms with Crippen LogP contribution in [0, 0.1) is 5.41 Å². The van der Waals surface area contributed by atoms with Crippen LogP contribution in [0.5, 0.6) is 5.75 Å². The van der Waals surface area contributed by atoms with Gasteiger partial charge in [-0.3, -0.25) is 0 Å². The average molecular weight is 330 g/mol. The van der Waals surface area contributed by atoms with Gasteiger partial charge in [0, 0.05) is 31.3 Å². The van der Waals surface area contributed by atoms with Gasteiger partial charge < -0.3 is 14.8 Å². The average Bonchev–Trinajstić information content (AvgIpc) is 2.38. The van der Waals surface area contributed by atoms with Crippen LogP contribution in [0.2, 0.25) is 0 Å². The standard InChI is InChI=1S/C15H24BrNO2/c1-15(2,8-10-18-3)12-17-9-11-19-14-6-4-13(16)5-7-14/h4-7,17H,8-12H2,1-3H3. The maximum absolute atomic E-state index is 5.65. The Morgan fingerprint density at radius 3 is 2.47 bits per heavy atom. The summed E-state index contributed by atoms with van der Waals surface area (Å²) in [5.74, 6) is 0.906. The van der Waals surface area contributed by atoms with Crippen LogP contribution in [0.1, 0.15) is 20.3 Å². The Labute approximate surface area is 124 Å². The second-order valence-corrected chi connectivity index (χ2v) is 6.30. The predicted molar refractivity (Wildman–Crippen MR) is 82.8 cm³/mol. The Hall–Kier alpha value is -0.580. The van der Waals surface area contributed by atoms with Gasteiger partial charge in [-0.05, 0) is 36.1 Å². The summed E-state index contributed by atoms with van der Waals surface area (Å²) in [5, 5.41) is 3.43. The van der Waals surface area contributed by atoms with Crippen LogP contribution < -0.4 is 10.1 Å². The van der Waals surface area contributed by atoms with Gasteiger partial charge in [0.1, 0.15) is 12.4 Å². The number of nitrogens with one attached hydrogen (secondary N) is 1. The van der Waals surface area contributed by atoms with Gasteiger partial charge in [0.25, 0.3) is 0 Å². The zero-order valence-corrected chi connectivity index (χ0v) is 13.6. The number of methoxy groups -OCH3 is 1. The minimum absolute atomic E-state index is 0.258. The minimum Gasteiger partial charge on any atom is -0.492 e. The van der Waals surface area contributed by atoms with Crippen LogP contribution in [0.4, 0.5) is 0 Å². The van der Waals surface area contributed by atoms with E-state index in [0.29, 0.717) is 6.61 Å². The molecule has 1 rings (SSSR count). The molecule has 0 radical (unpaired) electrons. The van der Waals surface area contributed by atoms with E-state index in [9.17, 15) is 0 Å². The number of hydrogen-bond acceptors (Lipinski definition) is 3. The largest absolute Gasteiger partial charge is 0.492 e. The lowest BCUT2D eigenvalue weighted by molar-refractivity contribution is 0.150. The highest BCUT2D eigenvalue weighted by Crippen LogP contribution is 2.18. The molecule has 0 atom stereocenters. The van der Waals surface area contributed by atoms with Gasteiger partial charge in [-0.2, -0.15) is 0 Å². The minimum atomic E-state index is 0.258. The van der Waals surface area contributed by atoms with E-state index >= 15 is 0 Å². The van der Waals surface area contributed by atoms with Crippen LogP contribution in [-0.4, -0.2) is 33.4 Å². The van der Waals surface area contributed by atoms with Crippen LogP contribution in [0.3, 0.4) is 0 Å². The van der Waals surface area contributed by atoms with Crippen LogP contribution in [0.25, 0.3) is 0 Å². The third kappa shape index (κ3) is 7.55. The van der Waals surface area contributed by atoms with Crippen LogP contribution >= 0.6 is 15.9 Å². The predicted octanol–water partition coefficient (Wildman–Crippen LogP) is 3.48. The molecule has 0 spiro atoms. The summed E-state index contributed by atoms with van der Waals surface area (Å²) >= 11 is 3.40. The Kier molecular flexibility index (Phi) is 7.42. The van der Waals surface area contributed by atoms with Crippen molar-refractivity contribution >= 4 is 15.9 Å². The van der Waals surface area contributed by atoms with E-state index in [2.05, 4.69) is 35.1 Å². The first kappa shape index (κ1) is 16.5. The van der Waals surface area contributed by atoms with Crippen molar-refractivity contribution in [1.29, 1.82) is 0 Å². The van der Waals surface area contributed by atoms with Crippen LogP contribution in [-0.2, 0) is 4.74 Å². The molecule has 1 aromatic rings. The molecule has 1 N–H and O–H groups in total. The molecule has 0 amide bonds. The van der Waals surface area contributed by atoms with Gasteiger partial charge in [0.15, 0.2) is 0 Å². The topological polar surface area (TPSA) is 30.5 Å². The van der Waals surface area contributed by atoms with E-state index in [1.807, 2.05) is 24.3 Å². The summed E-state index contributed by atoms with van der Waals surface area (Å²) in [7, 11) is 1.75. The highest BCUT2D eigenvalue weighted by molar-refractivity contribution is 9.10. The first-order chi connectivity index (χ1) is 9.03. The van der Waals surface area contributed by atoms with Crippen molar-refractivity contribution < 1.29 is 9.47 Å². The maximum atomic E-state index is 5.65. The third-order valence-corrected chi connectivity index (χ3v) is 3.48. The van der Waals surface area contributed by atoms with Crippen molar-refractivity contribution in [2.45, 2.75) is 20.3 Å². The first-order valence-corrected chi connectivity index (χ1v) is 7.41. The Balaban J connectivity index is 2.12. The smallest absolute Gasteiger partial charge is 0.119 e. The summed E-state index contributed by atoms with van der Waals surface area (Å²) in [6.07, 6.45) is 1.06. The molecule has 0 heterocycles. The normalized spacial score (nSPS) is 11.6. The number of halogens is 1. The van der Waals surface area contributed by atoms with Gasteiger partial charge in [-0.25, -0.2) is 0 Å². The van der Waals surface area contributed by atoms with E-state index in [0.717, 1.165) is 36.3 Å². The SMILES string of the molecule is COCCC(C)(C)CNCCOc1ccc(Br)cc1. The Morgan fingerprint density at radius 1 is 1.16 bits per heavy atom. The molecule has 0 aromatic heterocycles. The van der Waals surface area contributed by atoms with Crippen molar-refractivity contribution in [2.75, 3.05) is 33.4 Å². The van der Waals surface area contributed by atoms with Crippen molar-refractivity contribution in [3.63, 3.8) is 0 Å². The third-order valence-electron chi connectivity index (χ3n) is 2.95. The lowest BCUT2D eigenvalue weighted by atomic mass is 9.90. The molecule has 0 aliphatic rings. The van der Waals surface area contributed by atoms with Gasteiger partial charge >= 0.3 is 0 Å². The molecule has 108 valence electrons. The summed E-state index contributed by atoms with van der Waals surface area (Å²) in [6.45, 7) is 7.81. The number of ether oxygens (including phenoxy) is 2. The van der Waals surface area contributed by atoms with Gasteiger partial charge in [-0.1, -0.05) is 29.8 Å². The fourth-order valence-electron chi connectivity index (χ4n) is 1.67. The van der Waals surface area contributed by atoms with Gasteiger partial charge in [-0.15, -0.1) is 0 Å². The number of benzene rings is 1. The summed E-state index contributed by atoms with van der Waals surface area (Å²) in [6, 6.07) is 7.90. The molecule has 0 bridgehead atoms. The zero-order chi connectivity index (χ0) is 14.1. The lowest BCUT2D eigenvalue weighted by Gasteiger charge is -2.24. The molecule has 19 heavy (non-hydrogen) atoms. The Morgan fingerprint density at radius 2 is 1.84 bits per heavy atom. The second kappa shape index (κ2) is 8.56. The summed E-state index contributed by atoms with van der Waals surface area (Å²) in [4.78, 5) is 0. The zero-order valence-electron chi connectivity index (χ0n) is 12.0. The number of rotatable bonds is 9. The van der Waals surface area contributed by atoms with Crippen molar-refractivity contribution in [3.05, 3.63) is 28.7 Å². The molecule has 3 nitrogen and oxygen atoms in total. The molecule has 0 aliphatic carbocycles. The molecule has 0 fully saturated rings. The number of hydrogen-bond donors (Lipinski definition) is 1. The molecular formula is C15H24BrNO2. The molecule has 0 unspecified atom stereocenters. The summed E-state index contributed by atoms with van der Waals surface area (Å²) in [5.41, 5.74) is 0.258. The van der Waals surface area contributed by atoms with Crippen molar-refractivity contribution in [2.24, 2.45) is 5.41 Å². The fraction of sp³-hybridized carbons (Fsp3) is 0.600. The first-order valence-electron chi connectivity index (χ1n) is 6.61. The molecular weight excluding hydrogens is 306 g/mol. The van der Waals surface area contributed by atoms with Crippen molar-refractivity contribution in [1.82, 2.24) is 5.32 Å². The summed E-state index contributed by atoms with van der Waals surface area (Å²) < 4.78 is 11.8. The van der Waals surface area contributed by atoms with E-state index in [1.54, 1.807) is 7.11 Å². The van der Waals surface area contributed by atoms with Crippen LogP contribution in [0.15, 0.2) is 28.7 Å². The molecule has 0 aliphatic heterocycles. The van der Waals surface area contributed by atoms with Gasteiger partial charge in [0.05, 0.1) is 0 Å². The molecule has 0 saturated heterocycles. The van der Waals surface area contributed by atoms with Gasteiger partial charge in [0.2, 0.25) is 0 Å². The van der Waals surface area contributed by atoms with E-state index in [4.69, 9.17) is 9.47 Å². The fourth-order valence-corrected chi connectivity index (χ4v) is 1.93.